The number of nitrogens with zero attached hydrogens (tertiary/aromatic N) is 2. The van der Waals surface area contributed by atoms with Crippen LogP contribution in [-0.2, 0) is 15.7 Å². The van der Waals surface area contributed by atoms with Gasteiger partial charge >= 0.3 is 12.1 Å². The van der Waals surface area contributed by atoms with Crippen molar-refractivity contribution in [2.24, 2.45) is 16.9 Å². The molecule has 0 heterocycles. The summed E-state index contributed by atoms with van der Waals surface area (Å²) in [4.78, 5) is 14.4. The molecule has 0 bridgehead atoms. The molecular weight excluding hydrogens is 419 g/mol. The number of esters is 1. The van der Waals surface area contributed by atoms with Crippen LogP contribution in [0.25, 0.3) is 0 Å². The van der Waals surface area contributed by atoms with Gasteiger partial charge in [0.2, 0.25) is 5.84 Å². The fourth-order valence-electron chi connectivity index (χ4n) is 2.49. The van der Waals surface area contributed by atoms with E-state index in [4.69, 9.17) is 16.3 Å². The molecule has 30 heavy (non-hydrogen) atoms. The van der Waals surface area contributed by atoms with Crippen LogP contribution in [0.3, 0.4) is 0 Å². The molecule has 0 spiro atoms. The Morgan fingerprint density at radius 1 is 1.17 bits per heavy atom. The van der Waals surface area contributed by atoms with Crippen LogP contribution in [0.1, 0.15) is 53.0 Å². The van der Waals surface area contributed by atoms with Crippen molar-refractivity contribution in [3.8, 4) is 0 Å². The van der Waals surface area contributed by atoms with Gasteiger partial charge in [-0.2, -0.15) is 13.2 Å². The quantitative estimate of drug-likeness (QED) is 0.216. The van der Waals surface area contributed by atoms with Crippen molar-refractivity contribution in [2.75, 3.05) is 25.1 Å². The lowest BCUT2D eigenvalue weighted by atomic mass is 10.1. The number of benzene rings is 1. The Balaban J connectivity index is 3.24. The van der Waals surface area contributed by atoms with Crippen LogP contribution >= 0.6 is 11.6 Å². The smallest absolute Gasteiger partial charge is 0.416 e. The topological polar surface area (TPSA) is 53.9 Å². The second-order valence-electron chi connectivity index (χ2n) is 7.81. The third-order valence-electron chi connectivity index (χ3n) is 4.29. The number of carbonyl (C=O) groups excluding carboxylic acids is 1. The molecule has 0 aliphatic heterocycles. The average Bonchev–Trinajstić information content (AvgIpc) is 2.63. The van der Waals surface area contributed by atoms with Crippen LogP contribution in [0.2, 0.25) is 5.02 Å². The summed E-state index contributed by atoms with van der Waals surface area (Å²) >= 11 is 6.03. The highest BCUT2D eigenvalue weighted by atomic mass is 35.5. The van der Waals surface area contributed by atoms with Crippen molar-refractivity contribution in [2.45, 2.75) is 53.6 Å². The molecule has 1 aromatic rings. The van der Waals surface area contributed by atoms with Gasteiger partial charge in [-0.25, -0.2) is 4.79 Å². The van der Waals surface area contributed by atoms with Crippen LogP contribution < -0.4 is 5.43 Å². The predicted octanol–water partition coefficient (Wildman–Crippen LogP) is 6.04. The molecule has 1 N–H and O–H groups in total. The first-order chi connectivity index (χ1) is 14.0. The number of halogens is 4. The van der Waals surface area contributed by atoms with Gasteiger partial charge in [-0.05, 0) is 49.8 Å². The standard InChI is InChI=1S/C21H31ClF3N3O2/c1-6-30-20(29)19(28(11-9-14(2)3)12-10-15(4)5)27-26-18-13-16(21(23,24)25)7-8-17(18)22/h7-8,13-15,26H,6,9-12H2,1-5H3/b27-19+. The number of anilines is 1. The SMILES string of the molecule is CCOC(=O)/C(=N\Nc1cc(C(F)(F)F)ccc1Cl)N(CCC(C)C)CCC(C)C. The van der Waals surface area contributed by atoms with Crippen molar-refractivity contribution < 1.29 is 22.7 Å². The van der Waals surface area contributed by atoms with Gasteiger partial charge in [-0.15, -0.1) is 5.10 Å². The van der Waals surface area contributed by atoms with Gasteiger partial charge in [0.25, 0.3) is 0 Å². The molecule has 0 fully saturated rings. The van der Waals surface area contributed by atoms with Crippen LogP contribution in [-0.4, -0.2) is 36.4 Å². The highest BCUT2D eigenvalue weighted by Gasteiger charge is 2.31. The monoisotopic (exact) mass is 449 g/mol. The lowest BCUT2D eigenvalue weighted by Gasteiger charge is -2.26. The Morgan fingerprint density at radius 3 is 2.20 bits per heavy atom. The van der Waals surface area contributed by atoms with Gasteiger partial charge in [0.05, 0.1) is 22.9 Å². The molecule has 0 saturated heterocycles. The minimum absolute atomic E-state index is 0.0200. The van der Waals surface area contributed by atoms with Crippen LogP contribution in [0.15, 0.2) is 23.3 Å². The number of carbonyl (C=O) groups is 1. The van der Waals surface area contributed by atoms with E-state index in [0.29, 0.717) is 24.9 Å². The van der Waals surface area contributed by atoms with Crippen LogP contribution in [0.5, 0.6) is 0 Å². The fourth-order valence-corrected chi connectivity index (χ4v) is 2.65. The molecule has 0 saturated carbocycles. The number of amidine groups is 1. The molecular formula is C21H31ClF3N3O2. The molecule has 0 atom stereocenters. The number of rotatable bonds is 9. The lowest BCUT2D eigenvalue weighted by molar-refractivity contribution is -0.138. The summed E-state index contributed by atoms with van der Waals surface area (Å²) in [6, 6.07) is 2.89. The Hall–Kier alpha value is -1.96. The molecule has 1 aromatic carbocycles. The molecule has 0 unspecified atom stereocenters. The summed E-state index contributed by atoms with van der Waals surface area (Å²) in [5.74, 6) is 0.189. The summed E-state index contributed by atoms with van der Waals surface area (Å²) in [6.07, 6.45) is -2.88. The number of nitrogens with one attached hydrogen (secondary N) is 1. The van der Waals surface area contributed by atoms with E-state index in [-0.39, 0.29) is 23.2 Å². The maximum Gasteiger partial charge on any atom is 0.416 e. The van der Waals surface area contributed by atoms with Crippen molar-refractivity contribution in [1.29, 1.82) is 0 Å². The first-order valence-corrected chi connectivity index (χ1v) is 10.5. The number of hydrogen-bond acceptors (Lipinski definition) is 4. The van der Waals surface area contributed by atoms with Crippen molar-refractivity contribution in [3.63, 3.8) is 0 Å². The Kier molecular flexibility index (Phi) is 10.5. The van der Waals surface area contributed by atoms with Crippen molar-refractivity contribution in [1.82, 2.24) is 4.90 Å². The second-order valence-corrected chi connectivity index (χ2v) is 8.22. The number of hydrazone groups is 1. The van der Waals surface area contributed by atoms with Gasteiger partial charge < -0.3 is 9.64 Å². The third kappa shape index (κ3) is 8.81. The minimum Gasteiger partial charge on any atom is -0.460 e. The van der Waals surface area contributed by atoms with Gasteiger partial charge in [0.1, 0.15) is 0 Å². The number of alkyl halides is 3. The summed E-state index contributed by atoms with van der Waals surface area (Å²) in [6.45, 7) is 11.3. The first kappa shape index (κ1) is 26.1. The van der Waals surface area contributed by atoms with Crippen LogP contribution in [0, 0.1) is 11.8 Å². The zero-order valence-corrected chi connectivity index (χ0v) is 18.9. The molecule has 5 nitrogen and oxygen atoms in total. The molecule has 0 aliphatic rings. The van der Waals surface area contributed by atoms with E-state index < -0.39 is 17.7 Å². The van der Waals surface area contributed by atoms with Gasteiger partial charge in [-0.3, -0.25) is 5.43 Å². The van der Waals surface area contributed by atoms with Gasteiger partial charge in [-0.1, -0.05) is 39.3 Å². The van der Waals surface area contributed by atoms with Crippen molar-refractivity contribution >= 4 is 29.1 Å². The van der Waals surface area contributed by atoms with E-state index in [9.17, 15) is 18.0 Å². The zero-order valence-electron chi connectivity index (χ0n) is 18.1. The molecule has 0 amide bonds. The Labute approximate surface area is 181 Å². The highest BCUT2D eigenvalue weighted by Crippen LogP contribution is 2.33. The Morgan fingerprint density at radius 2 is 1.73 bits per heavy atom. The van der Waals surface area contributed by atoms with Gasteiger partial charge in [0, 0.05) is 13.1 Å². The molecule has 170 valence electrons. The molecule has 0 radical (unpaired) electrons. The summed E-state index contributed by atoms with van der Waals surface area (Å²) in [7, 11) is 0. The van der Waals surface area contributed by atoms with E-state index >= 15 is 0 Å². The van der Waals surface area contributed by atoms with E-state index in [0.717, 1.165) is 31.0 Å². The molecule has 1 rings (SSSR count). The molecule has 0 aromatic heterocycles. The summed E-state index contributed by atoms with van der Waals surface area (Å²) in [5.41, 5.74) is 1.63. The van der Waals surface area contributed by atoms with Crippen LogP contribution in [0.4, 0.5) is 18.9 Å². The highest BCUT2D eigenvalue weighted by molar-refractivity contribution is 6.35. The number of ether oxygens (including phenoxy) is 1. The van der Waals surface area contributed by atoms with E-state index in [2.05, 4.69) is 38.2 Å². The van der Waals surface area contributed by atoms with Gasteiger partial charge in [0.15, 0.2) is 0 Å². The predicted molar refractivity (Wildman–Crippen MR) is 115 cm³/mol. The molecule has 9 heteroatoms. The largest absolute Gasteiger partial charge is 0.460 e. The maximum atomic E-state index is 13.0. The lowest BCUT2D eigenvalue weighted by Crippen LogP contribution is -2.40. The van der Waals surface area contributed by atoms with E-state index in [1.54, 1.807) is 6.92 Å². The third-order valence-corrected chi connectivity index (χ3v) is 4.62. The van der Waals surface area contributed by atoms with E-state index in [1.807, 2.05) is 4.90 Å². The minimum atomic E-state index is -4.52. The van der Waals surface area contributed by atoms with E-state index in [1.165, 1.54) is 0 Å². The number of hydrogen-bond donors (Lipinski definition) is 1. The summed E-state index contributed by atoms with van der Waals surface area (Å²) in [5, 5.41) is 4.18. The van der Waals surface area contributed by atoms with Crippen molar-refractivity contribution in [3.05, 3.63) is 28.8 Å². The normalized spacial score (nSPS) is 12.4. The second kappa shape index (κ2) is 12.0. The zero-order chi connectivity index (χ0) is 22.9. The molecule has 0 aliphatic carbocycles. The first-order valence-electron chi connectivity index (χ1n) is 10.1. The summed E-state index contributed by atoms with van der Waals surface area (Å²) < 4.78 is 44.2. The maximum absolute atomic E-state index is 13.0. The Bertz CT molecular complexity index is 710. The average molecular weight is 450 g/mol. The fraction of sp³-hybridized carbons (Fsp3) is 0.619.